The lowest BCUT2D eigenvalue weighted by atomic mass is 9.98. The number of likely N-dealkylation sites (tertiary alicyclic amines) is 1. The number of aryl methyl sites for hydroxylation is 1. The number of rotatable bonds is 4. The van der Waals surface area contributed by atoms with Gasteiger partial charge in [-0.15, -0.1) is 0 Å². The monoisotopic (exact) mass is 279 g/mol. The van der Waals surface area contributed by atoms with Gasteiger partial charge in [0.2, 0.25) is 0 Å². The first-order chi connectivity index (χ1) is 9.61. The van der Waals surface area contributed by atoms with Gasteiger partial charge in [-0.05, 0) is 56.4 Å². The highest BCUT2D eigenvalue weighted by Gasteiger charge is 2.24. The van der Waals surface area contributed by atoms with E-state index in [1.165, 1.54) is 6.07 Å². The van der Waals surface area contributed by atoms with Crippen molar-refractivity contribution in [2.75, 3.05) is 26.3 Å². The van der Waals surface area contributed by atoms with Crippen molar-refractivity contribution >= 4 is 5.91 Å². The molecule has 110 valence electrons. The van der Waals surface area contributed by atoms with E-state index in [2.05, 4.69) is 0 Å². The second-order valence-corrected chi connectivity index (χ2v) is 5.38. The average molecular weight is 279 g/mol. The Morgan fingerprint density at radius 3 is 3.00 bits per heavy atom. The van der Waals surface area contributed by atoms with Gasteiger partial charge in [-0.3, -0.25) is 4.79 Å². The Kier molecular flexibility index (Phi) is 5.12. The quantitative estimate of drug-likeness (QED) is 0.848. The number of benzene rings is 1. The summed E-state index contributed by atoms with van der Waals surface area (Å²) in [6.45, 7) is 6.59. The summed E-state index contributed by atoms with van der Waals surface area (Å²) in [5.74, 6) is 0.137. The minimum atomic E-state index is -0.269. The molecule has 1 aliphatic heterocycles. The van der Waals surface area contributed by atoms with Crippen LogP contribution < -0.4 is 0 Å². The number of hydrogen-bond donors (Lipinski definition) is 0. The molecule has 1 atom stereocenters. The van der Waals surface area contributed by atoms with Crippen molar-refractivity contribution in [2.45, 2.75) is 26.7 Å². The third kappa shape index (κ3) is 3.57. The van der Waals surface area contributed by atoms with Gasteiger partial charge in [-0.2, -0.15) is 0 Å². The summed E-state index contributed by atoms with van der Waals surface area (Å²) in [7, 11) is 0. The molecule has 20 heavy (non-hydrogen) atoms. The molecule has 1 saturated heterocycles. The number of carbonyl (C=O) groups excluding carboxylic acids is 1. The maximum Gasteiger partial charge on any atom is 0.253 e. The first-order valence-corrected chi connectivity index (χ1v) is 7.25. The Morgan fingerprint density at radius 2 is 2.30 bits per heavy atom. The predicted molar refractivity (Wildman–Crippen MR) is 76.3 cm³/mol. The number of amides is 1. The molecule has 0 unspecified atom stereocenters. The summed E-state index contributed by atoms with van der Waals surface area (Å²) in [6, 6.07) is 4.56. The Morgan fingerprint density at radius 1 is 1.50 bits per heavy atom. The number of ether oxygens (including phenoxy) is 1. The lowest BCUT2D eigenvalue weighted by Gasteiger charge is -2.32. The number of nitrogens with zero attached hydrogens (tertiary/aromatic N) is 1. The minimum absolute atomic E-state index is 0.00528. The summed E-state index contributed by atoms with van der Waals surface area (Å²) in [6.07, 6.45) is 2.11. The van der Waals surface area contributed by atoms with Crippen LogP contribution in [0.25, 0.3) is 0 Å². The van der Waals surface area contributed by atoms with Crippen molar-refractivity contribution in [1.29, 1.82) is 0 Å². The highest BCUT2D eigenvalue weighted by Crippen LogP contribution is 2.20. The smallest absolute Gasteiger partial charge is 0.253 e. The molecule has 0 N–H and O–H groups in total. The van der Waals surface area contributed by atoms with Crippen LogP contribution in [0.1, 0.15) is 35.7 Å². The summed E-state index contributed by atoms with van der Waals surface area (Å²) in [5, 5.41) is 0. The molecule has 1 amide bonds. The number of piperidine rings is 1. The maximum atomic E-state index is 13.3. The molecule has 0 spiro atoms. The van der Waals surface area contributed by atoms with Gasteiger partial charge in [0, 0.05) is 25.3 Å². The van der Waals surface area contributed by atoms with E-state index in [0.717, 1.165) is 25.9 Å². The van der Waals surface area contributed by atoms with Gasteiger partial charge < -0.3 is 9.64 Å². The van der Waals surface area contributed by atoms with Gasteiger partial charge in [0.15, 0.2) is 0 Å². The van der Waals surface area contributed by atoms with Crippen molar-refractivity contribution in [3.63, 3.8) is 0 Å². The number of hydrogen-bond acceptors (Lipinski definition) is 2. The van der Waals surface area contributed by atoms with E-state index in [-0.39, 0.29) is 11.7 Å². The zero-order chi connectivity index (χ0) is 14.5. The van der Waals surface area contributed by atoms with Crippen LogP contribution in [0.3, 0.4) is 0 Å². The second-order valence-electron chi connectivity index (χ2n) is 5.38. The molecule has 1 heterocycles. The van der Waals surface area contributed by atoms with Crippen LogP contribution in [0, 0.1) is 18.7 Å². The Hall–Kier alpha value is -1.42. The van der Waals surface area contributed by atoms with E-state index >= 15 is 0 Å². The van der Waals surface area contributed by atoms with Crippen molar-refractivity contribution in [2.24, 2.45) is 5.92 Å². The van der Waals surface area contributed by atoms with Gasteiger partial charge >= 0.3 is 0 Å². The summed E-state index contributed by atoms with van der Waals surface area (Å²) < 4.78 is 18.7. The van der Waals surface area contributed by atoms with Gasteiger partial charge in [0.1, 0.15) is 5.82 Å². The van der Waals surface area contributed by atoms with E-state index in [4.69, 9.17) is 4.74 Å². The van der Waals surface area contributed by atoms with Crippen molar-refractivity contribution in [1.82, 2.24) is 4.90 Å². The third-order valence-corrected chi connectivity index (χ3v) is 3.77. The van der Waals surface area contributed by atoms with Gasteiger partial charge in [0.25, 0.3) is 5.91 Å². The Labute approximate surface area is 119 Å². The van der Waals surface area contributed by atoms with Crippen LogP contribution >= 0.6 is 0 Å². The first-order valence-electron chi connectivity index (χ1n) is 7.25. The number of carbonyl (C=O) groups is 1. The van der Waals surface area contributed by atoms with E-state index in [1.807, 2.05) is 11.8 Å². The molecule has 1 fully saturated rings. The third-order valence-electron chi connectivity index (χ3n) is 3.77. The lowest BCUT2D eigenvalue weighted by molar-refractivity contribution is 0.0501. The summed E-state index contributed by atoms with van der Waals surface area (Å²) in [5.41, 5.74) is 1.08. The first kappa shape index (κ1) is 15.0. The average Bonchev–Trinajstić information content (AvgIpc) is 2.47. The zero-order valence-corrected chi connectivity index (χ0v) is 12.2. The fraction of sp³-hybridized carbons (Fsp3) is 0.562. The van der Waals surface area contributed by atoms with Crippen LogP contribution in [-0.4, -0.2) is 37.1 Å². The molecule has 0 radical (unpaired) electrons. The van der Waals surface area contributed by atoms with Crippen LogP contribution in [0.2, 0.25) is 0 Å². The van der Waals surface area contributed by atoms with E-state index < -0.39 is 0 Å². The molecule has 4 heteroatoms. The molecular weight excluding hydrogens is 257 g/mol. The van der Waals surface area contributed by atoms with Crippen LogP contribution in [-0.2, 0) is 4.74 Å². The largest absolute Gasteiger partial charge is 0.381 e. The fourth-order valence-electron chi connectivity index (χ4n) is 2.63. The molecule has 1 aliphatic rings. The van der Waals surface area contributed by atoms with Crippen LogP contribution in [0.5, 0.6) is 0 Å². The Bertz CT molecular complexity index is 476. The maximum absolute atomic E-state index is 13.3. The molecule has 0 bridgehead atoms. The minimum Gasteiger partial charge on any atom is -0.381 e. The SMILES string of the molecule is CCOC[C@@H]1CCCN(C(=O)c2ccc(F)c(C)c2)C1. The van der Waals surface area contributed by atoms with Crippen molar-refractivity contribution < 1.29 is 13.9 Å². The predicted octanol–water partition coefficient (Wildman–Crippen LogP) is 3.02. The molecule has 0 aliphatic carbocycles. The normalized spacial score (nSPS) is 19.1. The van der Waals surface area contributed by atoms with Gasteiger partial charge in [-0.25, -0.2) is 4.39 Å². The van der Waals surface area contributed by atoms with Crippen LogP contribution in [0.15, 0.2) is 18.2 Å². The standard InChI is InChI=1S/C16H22FNO2/c1-3-20-11-13-5-4-8-18(10-13)16(19)14-6-7-15(17)12(2)9-14/h6-7,9,13H,3-5,8,10-11H2,1-2H3/t13-/m1/s1. The molecule has 1 aromatic rings. The summed E-state index contributed by atoms with van der Waals surface area (Å²) in [4.78, 5) is 14.3. The Balaban J connectivity index is 2.02. The highest BCUT2D eigenvalue weighted by molar-refractivity contribution is 5.94. The molecule has 2 rings (SSSR count). The molecule has 0 aromatic heterocycles. The van der Waals surface area contributed by atoms with E-state index in [9.17, 15) is 9.18 Å². The second kappa shape index (κ2) is 6.84. The van der Waals surface area contributed by atoms with E-state index in [0.29, 0.717) is 30.3 Å². The fourth-order valence-corrected chi connectivity index (χ4v) is 2.63. The van der Waals surface area contributed by atoms with Crippen molar-refractivity contribution in [3.05, 3.63) is 35.1 Å². The van der Waals surface area contributed by atoms with Crippen molar-refractivity contribution in [3.8, 4) is 0 Å². The van der Waals surface area contributed by atoms with E-state index in [1.54, 1.807) is 19.1 Å². The van der Waals surface area contributed by atoms with Crippen LogP contribution in [0.4, 0.5) is 4.39 Å². The number of halogens is 1. The lowest BCUT2D eigenvalue weighted by Crippen LogP contribution is -2.41. The summed E-state index contributed by atoms with van der Waals surface area (Å²) >= 11 is 0. The molecule has 3 nitrogen and oxygen atoms in total. The highest BCUT2D eigenvalue weighted by atomic mass is 19.1. The topological polar surface area (TPSA) is 29.5 Å². The van der Waals surface area contributed by atoms with Gasteiger partial charge in [0.05, 0.1) is 6.61 Å². The molecule has 0 saturated carbocycles. The molecular formula is C16H22FNO2. The zero-order valence-electron chi connectivity index (χ0n) is 12.2. The molecule has 1 aromatic carbocycles. The van der Waals surface area contributed by atoms with Gasteiger partial charge in [-0.1, -0.05) is 0 Å².